The lowest BCUT2D eigenvalue weighted by Gasteiger charge is -2.12. The average Bonchev–Trinajstić information content (AvgIpc) is 2.53. The van der Waals surface area contributed by atoms with Gasteiger partial charge in [0.25, 0.3) is 5.97 Å². The van der Waals surface area contributed by atoms with E-state index >= 15 is 0 Å². The molecule has 86 valence electrons. The van der Waals surface area contributed by atoms with Crippen LogP contribution in [-0.2, 0) is 6.54 Å². The molecule has 0 fully saturated rings. The highest BCUT2D eigenvalue weighted by Gasteiger charge is 2.19. The maximum atomic E-state index is 11.7. The molecule has 2 aromatic heterocycles. The molecule has 0 bridgehead atoms. The molecule has 16 heavy (non-hydrogen) atoms. The highest BCUT2D eigenvalue weighted by atomic mass is 16.7. The number of aliphatic hydroxyl groups is 3. The molecule has 0 saturated carbocycles. The van der Waals surface area contributed by atoms with Crippen molar-refractivity contribution in [1.82, 2.24) is 14.2 Å². The molecule has 2 heterocycles. The Hall–Kier alpha value is -1.70. The minimum Gasteiger partial charge on any atom is -0.344 e. The Balaban J connectivity index is 2.32. The Morgan fingerprint density at radius 3 is 2.69 bits per heavy atom. The van der Waals surface area contributed by atoms with Crippen LogP contribution in [0.25, 0.3) is 5.65 Å². The van der Waals surface area contributed by atoms with E-state index in [4.69, 9.17) is 15.3 Å². The van der Waals surface area contributed by atoms with Crippen molar-refractivity contribution in [3.63, 3.8) is 0 Å². The first kappa shape index (κ1) is 10.8. The van der Waals surface area contributed by atoms with Crippen molar-refractivity contribution in [3.8, 4) is 0 Å². The average molecular weight is 225 g/mol. The molecule has 7 nitrogen and oxygen atoms in total. The van der Waals surface area contributed by atoms with Crippen molar-refractivity contribution in [2.75, 3.05) is 0 Å². The number of hydrogen-bond acceptors (Lipinski definition) is 5. The summed E-state index contributed by atoms with van der Waals surface area (Å²) in [7, 11) is 0. The van der Waals surface area contributed by atoms with Gasteiger partial charge in [0.1, 0.15) is 0 Å². The number of nitrogens with zero attached hydrogens (tertiary/aromatic N) is 3. The van der Waals surface area contributed by atoms with Crippen molar-refractivity contribution < 1.29 is 15.3 Å². The van der Waals surface area contributed by atoms with Gasteiger partial charge in [0.2, 0.25) is 0 Å². The van der Waals surface area contributed by atoms with Gasteiger partial charge in [-0.15, -0.1) is 5.10 Å². The fourth-order valence-electron chi connectivity index (χ4n) is 1.37. The molecule has 0 aliphatic heterocycles. The molecule has 0 saturated heterocycles. The zero-order chi connectivity index (χ0) is 11.8. The summed E-state index contributed by atoms with van der Waals surface area (Å²) in [5.74, 6) is -2.78. The zero-order valence-corrected chi connectivity index (χ0v) is 8.32. The van der Waals surface area contributed by atoms with Gasteiger partial charge in [-0.3, -0.25) is 4.40 Å². The SMILES string of the molecule is O=c1n(CCC(O)(O)O)nc2ccccn12. The highest BCUT2D eigenvalue weighted by molar-refractivity contribution is 5.35. The number of hydrogen-bond donors (Lipinski definition) is 3. The van der Waals surface area contributed by atoms with E-state index in [2.05, 4.69) is 5.10 Å². The van der Waals surface area contributed by atoms with E-state index in [-0.39, 0.29) is 12.2 Å². The van der Waals surface area contributed by atoms with E-state index in [0.717, 1.165) is 4.68 Å². The summed E-state index contributed by atoms with van der Waals surface area (Å²) < 4.78 is 2.39. The summed E-state index contributed by atoms with van der Waals surface area (Å²) in [6.45, 7) is -0.0794. The normalized spacial score (nSPS) is 12.2. The molecule has 0 aromatic carbocycles. The molecule has 0 unspecified atom stereocenters. The van der Waals surface area contributed by atoms with E-state index in [1.807, 2.05) is 0 Å². The molecule has 2 rings (SSSR count). The number of pyridine rings is 1. The molecule has 0 amide bonds. The summed E-state index contributed by atoms with van der Waals surface area (Å²) in [5, 5.41) is 30.1. The molecule has 0 aliphatic rings. The van der Waals surface area contributed by atoms with Gasteiger partial charge in [-0.1, -0.05) is 6.07 Å². The molecule has 2 aromatic rings. The third-order valence-electron chi connectivity index (χ3n) is 2.15. The quantitative estimate of drug-likeness (QED) is 0.553. The first-order valence-corrected chi connectivity index (χ1v) is 4.69. The topological polar surface area (TPSA) is 100.0 Å². The Morgan fingerprint density at radius 1 is 1.31 bits per heavy atom. The second-order valence-corrected chi connectivity index (χ2v) is 3.46. The van der Waals surface area contributed by atoms with Gasteiger partial charge in [-0.25, -0.2) is 9.48 Å². The number of rotatable bonds is 3. The molecule has 0 spiro atoms. The molecule has 0 aliphatic carbocycles. The summed E-state index contributed by atoms with van der Waals surface area (Å²) in [6, 6.07) is 5.08. The second-order valence-electron chi connectivity index (χ2n) is 3.46. The van der Waals surface area contributed by atoms with Gasteiger partial charge in [0.05, 0.1) is 6.54 Å². The van der Waals surface area contributed by atoms with Crippen LogP contribution < -0.4 is 5.69 Å². The second kappa shape index (κ2) is 3.71. The van der Waals surface area contributed by atoms with Crippen LogP contribution in [0.3, 0.4) is 0 Å². The minimum atomic E-state index is -2.78. The first-order valence-electron chi connectivity index (χ1n) is 4.69. The molecular formula is C9H11N3O4. The van der Waals surface area contributed by atoms with E-state index in [9.17, 15) is 4.79 Å². The third-order valence-corrected chi connectivity index (χ3v) is 2.15. The van der Waals surface area contributed by atoms with Gasteiger partial charge in [-0.2, -0.15) is 0 Å². The standard InChI is InChI=1S/C9H11N3O4/c13-8-11-5-2-1-3-7(11)10-12(8)6-4-9(14,15)16/h1-3,5,14-16H,4,6H2. The monoisotopic (exact) mass is 225 g/mol. The van der Waals surface area contributed by atoms with Gasteiger partial charge in [0, 0.05) is 12.6 Å². The van der Waals surface area contributed by atoms with Crippen LogP contribution in [0.4, 0.5) is 0 Å². The number of aryl methyl sites for hydroxylation is 1. The van der Waals surface area contributed by atoms with Crippen LogP contribution in [0.5, 0.6) is 0 Å². The number of aromatic nitrogens is 3. The van der Waals surface area contributed by atoms with Crippen LogP contribution in [0.2, 0.25) is 0 Å². The molecule has 0 atom stereocenters. The summed E-state index contributed by atoms with van der Waals surface area (Å²) in [4.78, 5) is 11.7. The van der Waals surface area contributed by atoms with Crippen LogP contribution in [0, 0.1) is 0 Å². The van der Waals surface area contributed by atoms with Crippen molar-refractivity contribution in [2.24, 2.45) is 0 Å². The van der Waals surface area contributed by atoms with E-state index < -0.39 is 12.4 Å². The Bertz CT molecular complexity index is 552. The van der Waals surface area contributed by atoms with Crippen molar-refractivity contribution >= 4 is 5.65 Å². The fraction of sp³-hybridized carbons (Fsp3) is 0.333. The lowest BCUT2D eigenvalue weighted by atomic mass is 10.4. The van der Waals surface area contributed by atoms with Crippen molar-refractivity contribution in [1.29, 1.82) is 0 Å². The lowest BCUT2D eigenvalue weighted by molar-refractivity contribution is -0.315. The van der Waals surface area contributed by atoms with Crippen LogP contribution in [0.15, 0.2) is 29.2 Å². The first-order chi connectivity index (χ1) is 7.47. The fourth-order valence-corrected chi connectivity index (χ4v) is 1.37. The van der Waals surface area contributed by atoms with Gasteiger partial charge in [0.15, 0.2) is 5.65 Å². The van der Waals surface area contributed by atoms with Gasteiger partial charge >= 0.3 is 5.69 Å². The Labute approximate surface area is 89.8 Å². The highest BCUT2D eigenvalue weighted by Crippen LogP contribution is 2.02. The molecule has 3 N–H and O–H groups in total. The van der Waals surface area contributed by atoms with Crippen molar-refractivity contribution in [3.05, 3.63) is 34.9 Å². The van der Waals surface area contributed by atoms with E-state index in [1.165, 1.54) is 4.40 Å². The Kier molecular flexibility index (Phi) is 2.50. The minimum absolute atomic E-state index is 0.0794. The lowest BCUT2D eigenvalue weighted by Crippen LogP contribution is -2.31. The third kappa shape index (κ3) is 2.11. The maximum absolute atomic E-state index is 11.7. The maximum Gasteiger partial charge on any atom is 0.350 e. The zero-order valence-electron chi connectivity index (χ0n) is 8.32. The van der Waals surface area contributed by atoms with Crippen LogP contribution >= 0.6 is 0 Å². The van der Waals surface area contributed by atoms with Crippen molar-refractivity contribution in [2.45, 2.75) is 18.9 Å². The summed E-state index contributed by atoms with van der Waals surface area (Å²) >= 11 is 0. The van der Waals surface area contributed by atoms with Crippen LogP contribution in [-0.4, -0.2) is 35.5 Å². The summed E-state index contributed by atoms with van der Waals surface area (Å²) in [6.07, 6.45) is 1.17. The summed E-state index contributed by atoms with van der Waals surface area (Å²) in [5.41, 5.74) is 0.0757. The van der Waals surface area contributed by atoms with E-state index in [1.54, 1.807) is 24.4 Å². The van der Waals surface area contributed by atoms with Gasteiger partial charge in [-0.05, 0) is 12.1 Å². The molecule has 7 heteroatoms. The smallest absolute Gasteiger partial charge is 0.344 e. The number of fused-ring (bicyclic) bond motifs is 1. The molecular weight excluding hydrogens is 214 g/mol. The predicted molar refractivity (Wildman–Crippen MR) is 53.5 cm³/mol. The van der Waals surface area contributed by atoms with Crippen LogP contribution in [0.1, 0.15) is 6.42 Å². The molecule has 0 radical (unpaired) electrons. The van der Waals surface area contributed by atoms with Gasteiger partial charge < -0.3 is 15.3 Å². The van der Waals surface area contributed by atoms with E-state index in [0.29, 0.717) is 5.65 Å². The predicted octanol–water partition coefficient (Wildman–Crippen LogP) is -1.48. The Morgan fingerprint density at radius 2 is 2.06 bits per heavy atom. The largest absolute Gasteiger partial charge is 0.350 e.